The molecule has 0 spiro atoms. The van der Waals surface area contributed by atoms with E-state index < -0.39 is 30.3 Å². The topological polar surface area (TPSA) is 133 Å². The van der Waals surface area contributed by atoms with Gasteiger partial charge in [-0.3, -0.25) is 0 Å². The minimum absolute atomic E-state index is 0.0807. The zero-order valence-electron chi connectivity index (χ0n) is 19.4. The lowest BCUT2D eigenvalue weighted by Crippen LogP contribution is -2.48. The summed E-state index contributed by atoms with van der Waals surface area (Å²) in [6, 6.07) is 2.14. The molecular weight excluding hydrogens is 495 g/mol. The summed E-state index contributed by atoms with van der Waals surface area (Å²) < 4.78 is 33.2. The molecule has 2 bridgehead atoms. The second kappa shape index (κ2) is 8.80. The minimum atomic E-state index is -0.890. The Bertz CT molecular complexity index is 1350. The van der Waals surface area contributed by atoms with E-state index in [1.54, 1.807) is 6.07 Å². The molecule has 36 heavy (non-hydrogen) atoms. The summed E-state index contributed by atoms with van der Waals surface area (Å²) in [7, 11) is 0. The van der Waals surface area contributed by atoms with Gasteiger partial charge in [0.2, 0.25) is 5.95 Å². The number of halogens is 2. The third kappa shape index (κ3) is 3.94. The number of hydrogen-bond acceptors (Lipinski definition) is 9. The minimum Gasteiger partial charge on any atom is -0.447 e. The van der Waals surface area contributed by atoms with Crippen LogP contribution in [0.15, 0.2) is 18.3 Å². The van der Waals surface area contributed by atoms with Crippen molar-refractivity contribution >= 4 is 34.7 Å². The van der Waals surface area contributed by atoms with Gasteiger partial charge in [-0.15, -0.1) is 0 Å². The second-order valence-corrected chi connectivity index (χ2v) is 9.79. The summed E-state index contributed by atoms with van der Waals surface area (Å²) in [5.74, 6) is 0.193. The molecule has 5 heterocycles. The van der Waals surface area contributed by atoms with E-state index >= 15 is 4.39 Å². The Morgan fingerprint density at radius 3 is 2.89 bits per heavy atom. The molecule has 190 valence electrons. The van der Waals surface area contributed by atoms with Gasteiger partial charge < -0.3 is 34.5 Å². The van der Waals surface area contributed by atoms with Crippen molar-refractivity contribution in [2.45, 2.75) is 56.9 Å². The number of nitrogens with one attached hydrogen (secondary N) is 2. The molecule has 6 rings (SSSR count). The molecule has 3 N–H and O–H groups in total. The second-order valence-electron chi connectivity index (χ2n) is 9.38. The quantitative estimate of drug-likeness (QED) is 0.466. The molecule has 5 atom stereocenters. The van der Waals surface area contributed by atoms with Gasteiger partial charge in [-0.1, -0.05) is 11.6 Å². The fourth-order valence-corrected chi connectivity index (χ4v) is 5.15. The van der Waals surface area contributed by atoms with Gasteiger partial charge >= 0.3 is 6.09 Å². The van der Waals surface area contributed by atoms with Gasteiger partial charge in [-0.2, -0.15) is 0 Å². The van der Waals surface area contributed by atoms with E-state index in [9.17, 15) is 9.90 Å². The maximum Gasteiger partial charge on any atom is 0.407 e. The maximum absolute atomic E-state index is 15.3. The van der Waals surface area contributed by atoms with Crippen LogP contribution in [0.4, 0.5) is 15.1 Å². The third-order valence-electron chi connectivity index (χ3n) is 6.59. The number of aromatic nitrogens is 4. The van der Waals surface area contributed by atoms with Crippen LogP contribution in [0.25, 0.3) is 22.3 Å². The Balaban J connectivity index is 1.38. The Morgan fingerprint density at radius 1 is 1.31 bits per heavy atom. The van der Waals surface area contributed by atoms with Crippen LogP contribution in [-0.4, -0.2) is 68.5 Å². The molecule has 0 aliphatic carbocycles. The average molecular weight is 519 g/mol. The Labute approximate surface area is 209 Å². The van der Waals surface area contributed by atoms with Gasteiger partial charge in [-0.25, -0.2) is 24.1 Å². The number of aliphatic hydroxyl groups is 1. The third-order valence-corrected chi connectivity index (χ3v) is 6.87. The molecule has 0 radical (unpaired) electrons. The van der Waals surface area contributed by atoms with Crippen LogP contribution < -0.4 is 10.6 Å². The van der Waals surface area contributed by atoms with Gasteiger partial charge in [-0.05, 0) is 32.4 Å². The zero-order valence-corrected chi connectivity index (χ0v) is 20.2. The van der Waals surface area contributed by atoms with Crippen molar-refractivity contribution < 1.29 is 28.5 Å². The number of rotatable bonds is 5. The normalized spacial score (nSPS) is 27.5. The van der Waals surface area contributed by atoms with Crippen LogP contribution in [0.1, 0.15) is 38.2 Å². The number of anilines is 1. The van der Waals surface area contributed by atoms with E-state index in [4.69, 9.17) is 25.8 Å². The first-order chi connectivity index (χ1) is 17.3. The van der Waals surface area contributed by atoms with Crippen LogP contribution in [-0.2, 0) is 14.2 Å². The Hall–Kier alpha value is -3.06. The highest BCUT2D eigenvalue weighted by atomic mass is 35.5. The number of nitrogens with zero attached hydrogens (tertiary/aromatic N) is 4. The first kappa shape index (κ1) is 23.3. The molecule has 0 saturated carbocycles. The van der Waals surface area contributed by atoms with Gasteiger partial charge in [0.25, 0.3) is 0 Å². The monoisotopic (exact) mass is 518 g/mol. The largest absolute Gasteiger partial charge is 0.447 e. The standard InChI is InChI=1S/C23H24ClFN6O5/c1-9(2)31-16-4-10(3-13(25)18(16)29-20(31)15-8-35-23(33)28-15)17-12(24)6-26-22(30-17)27-14-5-11-7-34-21(36-11)19(14)32/h3-4,6,9,11,14-15,19,21,32H,5,7-8H2,1-2H3,(H,28,33)(H,26,27,30)/t11-,14+,15-,19-,21+/m0/s1. The molecule has 2 aromatic heterocycles. The van der Waals surface area contributed by atoms with Crippen molar-refractivity contribution in [1.29, 1.82) is 0 Å². The fraction of sp³-hybridized carbons (Fsp3) is 0.478. The molecule has 1 amide bonds. The first-order valence-corrected chi connectivity index (χ1v) is 12.1. The van der Waals surface area contributed by atoms with Crippen molar-refractivity contribution in [2.24, 2.45) is 0 Å². The van der Waals surface area contributed by atoms with Gasteiger partial charge in [0, 0.05) is 11.6 Å². The highest BCUT2D eigenvalue weighted by Crippen LogP contribution is 2.35. The molecule has 11 nitrogen and oxygen atoms in total. The number of carbonyl (C=O) groups is 1. The number of benzene rings is 1. The number of carbonyl (C=O) groups excluding carboxylic acids is 1. The van der Waals surface area contributed by atoms with Crippen LogP contribution in [0.5, 0.6) is 0 Å². The number of imidazole rings is 1. The number of aliphatic hydroxyl groups excluding tert-OH is 1. The van der Waals surface area contributed by atoms with Crippen LogP contribution in [0.3, 0.4) is 0 Å². The van der Waals surface area contributed by atoms with E-state index in [0.29, 0.717) is 35.6 Å². The number of cyclic esters (lactones) is 1. The first-order valence-electron chi connectivity index (χ1n) is 11.7. The SMILES string of the molecule is CC(C)n1c([C@@H]2COC(=O)N2)nc2c(F)cc(-c3nc(N[C@@H]4C[C@H]5CO[C@H](O5)[C@H]4O)ncc3Cl)cc21. The lowest BCUT2D eigenvalue weighted by atomic mass is 10.0. The van der Waals surface area contributed by atoms with E-state index in [-0.39, 0.29) is 41.3 Å². The Kier molecular flexibility index (Phi) is 5.71. The van der Waals surface area contributed by atoms with Crippen molar-refractivity contribution in [2.75, 3.05) is 18.5 Å². The predicted molar refractivity (Wildman–Crippen MR) is 126 cm³/mol. The molecule has 1 aromatic carbocycles. The summed E-state index contributed by atoms with van der Waals surface area (Å²) >= 11 is 6.44. The molecule has 3 aliphatic heterocycles. The van der Waals surface area contributed by atoms with Crippen molar-refractivity contribution in [3.63, 3.8) is 0 Å². The smallest absolute Gasteiger partial charge is 0.407 e. The summed E-state index contributed by atoms with van der Waals surface area (Å²) in [5, 5.41) is 16.6. The van der Waals surface area contributed by atoms with Gasteiger partial charge in [0.05, 0.1) is 41.2 Å². The van der Waals surface area contributed by atoms with Crippen LogP contribution in [0, 0.1) is 5.82 Å². The van der Waals surface area contributed by atoms with E-state index in [1.807, 2.05) is 18.4 Å². The fourth-order valence-electron chi connectivity index (χ4n) is 4.95. The molecule has 3 aliphatic rings. The van der Waals surface area contributed by atoms with Crippen LogP contribution >= 0.6 is 11.6 Å². The molecular formula is C23H24ClFN6O5. The van der Waals surface area contributed by atoms with E-state index in [1.165, 1.54) is 12.3 Å². The predicted octanol–water partition coefficient (Wildman–Crippen LogP) is 2.93. The molecule has 3 fully saturated rings. The lowest BCUT2D eigenvalue weighted by molar-refractivity contribution is -0.156. The molecule has 3 aromatic rings. The number of fused-ring (bicyclic) bond motifs is 3. The number of amides is 1. The molecule has 3 saturated heterocycles. The van der Waals surface area contributed by atoms with Crippen LogP contribution in [0.2, 0.25) is 5.02 Å². The van der Waals surface area contributed by atoms with Crippen molar-refractivity contribution in [1.82, 2.24) is 24.8 Å². The van der Waals surface area contributed by atoms with Gasteiger partial charge in [0.15, 0.2) is 12.1 Å². The number of alkyl carbamates (subject to hydrolysis) is 1. The highest BCUT2D eigenvalue weighted by Gasteiger charge is 2.43. The van der Waals surface area contributed by atoms with Crippen molar-refractivity contribution in [3.05, 3.63) is 35.0 Å². The molecule has 13 heteroatoms. The average Bonchev–Trinajstić information content (AvgIpc) is 3.55. The number of hydrogen-bond donors (Lipinski definition) is 3. The Morgan fingerprint density at radius 2 is 2.14 bits per heavy atom. The number of ether oxygens (including phenoxy) is 3. The zero-order chi connectivity index (χ0) is 25.1. The van der Waals surface area contributed by atoms with Gasteiger partial charge in [0.1, 0.15) is 30.1 Å². The summed E-state index contributed by atoms with van der Waals surface area (Å²) in [6.45, 7) is 4.43. The maximum atomic E-state index is 15.3. The highest BCUT2D eigenvalue weighted by molar-refractivity contribution is 6.33. The molecule has 0 unspecified atom stereocenters. The summed E-state index contributed by atoms with van der Waals surface area (Å²) in [4.78, 5) is 24.9. The van der Waals surface area contributed by atoms with E-state index in [0.717, 1.165) is 0 Å². The summed E-state index contributed by atoms with van der Waals surface area (Å²) in [5.41, 5.74) is 1.47. The van der Waals surface area contributed by atoms with Crippen molar-refractivity contribution in [3.8, 4) is 11.3 Å². The lowest BCUT2D eigenvalue weighted by Gasteiger charge is -2.32. The van der Waals surface area contributed by atoms with E-state index in [2.05, 4.69) is 25.6 Å². The summed E-state index contributed by atoms with van der Waals surface area (Å²) in [6.07, 6.45) is -0.270.